The minimum atomic E-state index is -0.288. The topological polar surface area (TPSA) is 41.5 Å². The number of aliphatic hydroxyl groups is 1. The molecule has 2 atom stereocenters. The molecular formula is C14H23NO2. The maximum absolute atomic E-state index is 9.33. The number of likely N-dealkylation sites (N-methyl/N-ethyl adjacent to an activating group) is 1. The van der Waals surface area contributed by atoms with E-state index < -0.39 is 0 Å². The Kier molecular flexibility index (Phi) is 4.97. The first-order chi connectivity index (χ1) is 7.99. The molecule has 3 heteroatoms. The first-order valence-corrected chi connectivity index (χ1v) is 6.02. The zero-order valence-electron chi connectivity index (χ0n) is 11.2. The van der Waals surface area contributed by atoms with E-state index in [1.165, 1.54) is 5.56 Å². The molecule has 2 unspecified atom stereocenters. The minimum Gasteiger partial charge on any atom is -0.491 e. The van der Waals surface area contributed by atoms with Crippen LogP contribution in [0.2, 0.25) is 0 Å². The standard InChI is InChI=1S/C14H23NO2/c1-11-6-5-7-13(8-11)17-12(2)9-14(3,10-16)15-4/h5-8,12,15-16H,9-10H2,1-4H3. The quantitative estimate of drug-likeness (QED) is 0.796. The van der Waals surface area contributed by atoms with Crippen molar-refractivity contribution in [1.29, 1.82) is 0 Å². The van der Waals surface area contributed by atoms with Crippen molar-refractivity contribution in [1.82, 2.24) is 5.32 Å². The Hall–Kier alpha value is -1.06. The van der Waals surface area contributed by atoms with E-state index in [0.717, 1.165) is 12.2 Å². The van der Waals surface area contributed by atoms with Gasteiger partial charge in [-0.1, -0.05) is 12.1 Å². The van der Waals surface area contributed by atoms with Crippen LogP contribution in [0.3, 0.4) is 0 Å². The Morgan fingerprint density at radius 2 is 2.18 bits per heavy atom. The zero-order chi connectivity index (χ0) is 12.9. The normalized spacial score (nSPS) is 16.3. The first kappa shape index (κ1) is 14.0. The van der Waals surface area contributed by atoms with Crippen molar-refractivity contribution in [2.75, 3.05) is 13.7 Å². The van der Waals surface area contributed by atoms with Crippen LogP contribution in [0.5, 0.6) is 5.75 Å². The molecule has 0 radical (unpaired) electrons. The van der Waals surface area contributed by atoms with Gasteiger partial charge in [0.1, 0.15) is 5.75 Å². The molecule has 0 aliphatic heterocycles. The number of ether oxygens (including phenoxy) is 1. The van der Waals surface area contributed by atoms with Crippen LogP contribution in [0.4, 0.5) is 0 Å². The molecule has 3 nitrogen and oxygen atoms in total. The third kappa shape index (κ3) is 4.36. The highest BCUT2D eigenvalue weighted by molar-refractivity contribution is 5.27. The van der Waals surface area contributed by atoms with Crippen molar-refractivity contribution in [3.8, 4) is 5.75 Å². The Bertz CT molecular complexity index is 348. The van der Waals surface area contributed by atoms with Crippen molar-refractivity contribution < 1.29 is 9.84 Å². The average molecular weight is 237 g/mol. The van der Waals surface area contributed by atoms with Gasteiger partial charge in [0.2, 0.25) is 0 Å². The van der Waals surface area contributed by atoms with Crippen molar-refractivity contribution in [2.24, 2.45) is 0 Å². The summed E-state index contributed by atoms with van der Waals surface area (Å²) in [5.74, 6) is 0.883. The van der Waals surface area contributed by atoms with Gasteiger partial charge in [-0.25, -0.2) is 0 Å². The SMILES string of the molecule is CNC(C)(CO)CC(C)Oc1cccc(C)c1. The van der Waals surface area contributed by atoms with Crippen molar-refractivity contribution >= 4 is 0 Å². The maximum Gasteiger partial charge on any atom is 0.119 e. The van der Waals surface area contributed by atoms with Gasteiger partial charge < -0.3 is 15.2 Å². The average Bonchev–Trinajstić information content (AvgIpc) is 2.28. The van der Waals surface area contributed by atoms with E-state index in [9.17, 15) is 5.11 Å². The Labute approximate surface area is 104 Å². The highest BCUT2D eigenvalue weighted by Crippen LogP contribution is 2.18. The highest BCUT2D eigenvalue weighted by atomic mass is 16.5. The molecule has 0 bridgehead atoms. The number of nitrogens with one attached hydrogen (secondary N) is 1. The summed E-state index contributed by atoms with van der Waals surface area (Å²) in [5, 5.41) is 12.5. The lowest BCUT2D eigenvalue weighted by atomic mass is 9.96. The molecular weight excluding hydrogens is 214 g/mol. The van der Waals surface area contributed by atoms with Gasteiger partial charge in [-0.2, -0.15) is 0 Å². The predicted octanol–water partition coefficient (Wildman–Crippen LogP) is 2.12. The van der Waals surface area contributed by atoms with Crippen LogP contribution in [0.25, 0.3) is 0 Å². The zero-order valence-corrected chi connectivity index (χ0v) is 11.2. The number of aryl methyl sites for hydroxylation is 1. The fraction of sp³-hybridized carbons (Fsp3) is 0.571. The molecule has 0 aliphatic carbocycles. The van der Waals surface area contributed by atoms with Gasteiger partial charge in [-0.05, 0) is 45.5 Å². The van der Waals surface area contributed by atoms with E-state index in [-0.39, 0.29) is 18.2 Å². The van der Waals surface area contributed by atoms with Gasteiger partial charge in [0, 0.05) is 12.0 Å². The van der Waals surface area contributed by atoms with Crippen LogP contribution in [-0.4, -0.2) is 30.4 Å². The largest absolute Gasteiger partial charge is 0.491 e. The molecule has 0 fully saturated rings. The Morgan fingerprint density at radius 3 is 2.71 bits per heavy atom. The fourth-order valence-corrected chi connectivity index (χ4v) is 1.84. The fourth-order valence-electron chi connectivity index (χ4n) is 1.84. The highest BCUT2D eigenvalue weighted by Gasteiger charge is 2.24. The number of rotatable bonds is 6. The van der Waals surface area contributed by atoms with Crippen LogP contribution in [0, 0.1) is 6.92 Å². The van der Waals surface area contributed by atoms with E-state index in [1.54, 1.807) is 0 Å². The Balaban J connectivity index is 2.58. The van der Waals surface area contributed by atoms with Gasteiger partial charge in [-0.3, -0.25) is 0 Å². The predicted molar refractivity (Wildman–Crippen MR) is 70.4 cm³/mol. The van der Waals surface area contributed by atoms with Gasteiger partial charge in [0.25, 0.3) is 0 Å². The summed E-state index contributed by atoms with van der Waals surface area (Å²) in [5.41, 5.74) is 0.900. The smallest absolute Gasteiger partial charge is 0.119 e. The second-order valence-electron chi connectivity index (χ2n) is 4.92. The summed E-state index contributed by atoms with van der Waals surface area (Å²) in [7, 11) is 1.86. The number of benzene rings is 1. The molecule has 2 N–H and O–H groups in total. The van der Waals surface area contributed by atoms with Gasteiger partial charge >= 0.3 is 0 Å². The second kappa shape index (κ2) is 6.03. The molecule has 96 valence electrons. The summed E-state index contributed by atoms with van der Waals surface area (Å²) >= 11 is 0. The molecule has 0 aromatic heterocycles. The minimum absolute atomic E-state index is 0.0569. The van der Waals surface area contributed by atoms with Gasteiger partial charge in [-0.15, -0.1) is 0 Å². The summed E-state index contributed by atoms with van der Waals surface area (Å²) in [6, 6.07) is 8.01. The van der Waals surface area contributed by atoms with Crippen LogP contribution < -0.4 is 10.1 Å². The second-order valence-corrected chi connectivity index (χ2v) is 4.92. The molecule has 1 aromatic rings. The third-order valence-corrected chi connectivity index (χ3v) is 3.02. The van der Waals surface area contributed by atoms with Gasteiger partial charge in [0.05, 0.1) is 12.7 Å². The van der Waals surface area contributed by atoms with Crippen molar-refractivity contribution in [2.45, 2.75) is 38.8 Å². The number of aliphatic hydroxyl groups excluding tert-OH is 1. The third-order valence-electron chi connectivity index (χ3n) is 3.02. The monoisotopic (exact) mass is 237 g/mol. The summed E-state index contributed by atoms with van der Waals surface area (Å²) in [4.78, 5) is 0. The molecule has 0 aliphatic rings. The summed E-state index contributed by atoms with van der Waals surface area (Å²) in [6.07, 6.45) is 0.815. The van der Waals surface area contributed by atoms with E-state index in [0.29, 0.717) is 0 Å². The lowest BCUT2D eigenvalue weighted by molar-refractivity contribution is 0.115. The van der Waals surface area contributed by atoms with Crippen molar-refractivity contribution in [3.63, 3.8) is 0 Å². The Morgan fingerprint density at radius 1 is 1.47 bits per heavy atom. The molecule has 0 saturated carbocycles. The first-order valence-electron chi connectivity index (χ1n) is 6.02. The van der Waals surface area contributed by atoms with E-state index in [2.05, 4.69) is 5.32 Å². The van der Waals surface area contributed by atoms with E-state index in [4.69, 9.17) is 4.74 Å². The lowest BCUT2D eigenvalue weighted by Gasteiger charge is -2.30. The van der Waals surface area contributed by atoms with Crippen LogP contribution >= 0.6 is 0 Å². The maximum atomic E-state index is 9.33. The van der Waals surface area contributed by atoms with Crippen molar-refractivity contribution in [3.05, 3.63) is 29.8 Å². The van der Waals surface area contributed by atoms with Gasteiger partial charge in [0.15, 0.2) is 0 Å². The molecule has 0 saturated heterocycles. The molecule has 0 spiro atoms. The number of hydrogen-bond acceptors (Lipinski definition) is 3. The van der Waals surface area contributed by atoms with Crippen LogP contribution in [0.15, 0.2) is 24.3 Å². The van der Waals surface area contributed by atoms with Crippen LogP contribution in [-0.2, 0) is 0 Å². The molecule has 17 heavy (non-hydrogen) atoms. The van der Waals surface area contributed by atoms with Crippen LogP contribution in [0.1, 0.15) is 25.8 Å². The van der Waals surface area contributed by atoms with E-state index in [1.807, 2.05) is 52.1 Å². The molecule has 0 heterocycles. The molecule has 0 amide bonds. The molecule has 1 rings (SSSR count). The lowest BCUT2D eigenvalue weighted by Crippen LogP contribution is -2.46. The van der Waals surface area contributed by atoms with E-state index >= 15 is 0 Å². The summed E-state index contributed by atoms with van der Waals surface area (Å²) < 4.78 is 5.84. The number of hydrogen-bond donors (Lipinski definition) is 2. The molecule has 1 aromatic carbocycles. The summed E-state index contributed by atoms with van der Waals surface area (Å²) in [6.45, 7) is 6.16.